The zero-order valence-corrected chi connectivity index (χ0v) is 7.35. The Morgan fingerprint density at radius 1 is 1.46 bits per heavy atom. The third kappa shape index (κ3) is 4.72. The minimum Gasteiger partial charge on any atom is -0.466 e. The maximum atomic E-state index is 12.0. The Labute approximate surface area is 73.8 Å². The molecule has 0 amide bonds. The van der Waals surface area contributed by atoms with E-state index in [4.69, 9.17) is 0 Å². The van der Waals surface area contributed by atoms with E-state index in [2.05, 4.69) is 9.47 Å². The van der Waals surface area contributed by atoms with Crippen LogP contribution in [0.15, 0.2) is 0 Å². The lowest BCUT2D eigenvalue weighted by Gasteiger charge is -2.17. The molecule has 78 valence electrons. The Morgan fingerprint density at radius 2 is 2.00 bits per heavy atom. The molecule has 0 fully saturated rings. The van der Waals surface area contributed by atoms with Gasteiger partial charge >= 0.3 is 12.1 Å². The number of carbonyl (C=O) groups is 1. The van der Waals surface area contributed by atoms with Crippen LogP contribution in [0.2, 0.25) is 0 Å². The van der Waals surface area contributed by atoms with Crippen LogP contribution in [0.3, 0.4) is 0 Å². The summed E-state index contributed by atoms with van der Waals surface area (Å²) < 4.78 is 44.4. The van der Waals surface area contributed by atoms with E-state index in [1.165, 1.54) is 6.92 Å². The average molecular weight is 200 g/mol. The first-order valence-corrected chi connectivity index (χ1v) is 3.67. The van der Waals surface area contributed by atoms with Gasteiger partial charge in [0.25, 0.3) is 0 Å². The molecule has 0 radical (unpaired) electrons. The van der Waals surface area contributed by atoms with Crippen LogP contribution in [-0.2, 0) is 14.3 Å². The zero-order valence-electron chi connectivity index (χ0n) is 7.35. The predicted molar refractivity (Wildman–Crippen MR) is 38.1 cm³/mol. The Balaban J connectivity index is 4.06. The standard InChI is InChI=1S/C7H11F3O3/c1-3-13-6(11)4-5(12-2)7(8,9)10/h5H,3-4H2,1-2H3. The van der Waals surface area contributed by atoms with Crippen molar-refractivity contribution in [2.24, 2.45) is 0 Å². The molecule has 13 heavy (non-hydrogen) atoms. The summed E-state index contributed by atoms with van der Waals surface area (Å²) in [5.41, 5.74) is 0. The van der Waals surface area contributed by atoms with E-state index in [0.29, 0.717) is 0 Å². The molecule has 0 rings (SSSR count). The van der Waals surface area contributed by atoms with Crippen LogP contribution in [0.5, 0.6) is 0 Å². The van der Waals surface area contributed by atoms with Gasteiger partial charge in [0.15, 0.2) is 6.10 Å². The molecule has 0 aliphatic heterocycles. The van der Waals surface area contributed by atoms with Crippen molar-refractivity contribution in [1.29, 1.82) is 0 Å². The maximum absolute atomic E-state index is 12.0. The summed E-state index contributed by atoms with van der Waals surface area (Å²) in [7, 11) is 0.900. The zero-order chi connectivity index (χ0) is 10.5. The fourth-order valence-corrected chi connectivity index (χ4v) is 0.704. The Kier molecular flexibility index (Phi) is 4.76. The Hall–Kier alpha value is -0.780. The Morgan fingerprint density at radius 3 is 2.31 bits per heavy atom. The van der Waals surface area contributed by atoms with E-state index in [-0.39, 0.29) is 6.61 Å². The lowest BCUT2D eigenvalue weighted by atomic mass is 10.2. The highest BCUT2D eigenvalue weighted by Crippen LogP contribution is 2.24. The van der Waals surface area contributed by atoms with E-state index >= 15 is 0 Å². The highest BCUT2D eigenvalue weighted by molar-refractivity contribution is 5.70. The number of methoxy groups -OCH3 is 1. The lowest BCUT2D eigenvalue weighted by Crippen LogP contribution is -2.33. The molecule has 0 aromatic heterocycles. The highest BCUT2D eigenvalue weighted by Gasteiger charge is 2.41. The van der Waals surface area contributed by atoms with Crippen LogP contribution in [0, 0.1) is 0 Å². The summed E-state index contributed by atoms with van der Waals surface area (Å²) in [6.45, 7) is 1.58. The van der Waals surface area contributed by atoms with Gasteiger partial charge in [-0.05, 0) is 6.92 Å². The topological polar surface area (TPSA) is 35.5 Å². The van der Waals surface area contributed by atoms with Gasteiger partial charge in [0, 0.05) is 7.11 Å². The summed E-state index contributed by atoms with van der Waals surface area (Å²) in [4.78, 5) is 10.7. The first kappa shape index (κ1) is 12.2. The lowest BCUT2D eigenvalue weighted by molar-refractivity contribution is -0.217. The van der Waals surface area contributed by atoms with Crippen molar-refractivity contribution in [3.05, 3.63) is 0 Å². The second-order valence-corrected chi connectivity index (χ2v) is 2.28. The van der Waals surface area contributed by atoms with Crippen molar-refractivity contribution in [3.8, 4) is 0 Å². The first-order chi connectivity index (χ1) is 5.91. The molecule has 0 aliphatic rings. The summed E-state index contributed by atoms with van der Waals surface area (Å²) >= 11 is 0. The van der Waals surface area contributed by atoms with Gasteiger partial charge in [-0.1, -0.05) is 0 Å². The van der Waals surface area contributed by atoms with Crippen molar-refractivity contribution in [2.45, 2.75) is 25.6 Å². The van der Waals surface area contributed by atoms with Crippen LogP contribution >= 0.6 is 0 Å². The molecule has 0 saturated carbocycles. The molecular weight excluding hydrogens is 189 g/mol. The second kappa shape index (κ2) is 5.06. The van der Waals surface area contributed by atoms with E-state index in [9.17, 15) is 18.0 Å². The van der Waals surface area contributed by atoms with Gasteiger partial charge in [-0.25, -0.2) is 0 Å². The molecule has 0 N–H and O–H groups in total. The van der Waals surface area contributed by atoms with Gasteiger partial charge in [0.2, 0.25) is 0 Å². The third-order valence-electron chi connectivity index (χ3n) is 1.31. The molecule has 0 bridgehead atoms. The van der Waals surface area contributed by atoms with Crippen LogP contribution in [0.4, 0.5) is 13.2 Å². The van der Waals surface area contributed by atoms with E-state index in [1.54, 1.807) is 0 Å². The maximum Gasteiger partial charge on any atom is 0.415 e. The van der Waals surface area contributed by atoms with Gasteiger partial charge in [-0.15, -0.1) is 0 Å². The smallest absolute Gasteiger partial charge is 0.415 e. The molecular formula is C7H11F3O3. The molecule has 0 saturated heterocycles. The summed E-state index contributed by atoms with van der Waals surface area (Å²) in [6.07, 6.45) is -7.40. The largest absolute Gasteiger partial charge is 0.466 e. The van der Waals surface area contributed by atoms with Crippen LogP contribution in [0.25, 0.3) is 0 Å². The van der Waals surface area contributed by atoms with Crippen molar-refractivity contribution in [2.75, 3.05) is 13.7 Å². The highest BCUT2D eigenvalue weighted by atomic mass is 19.4. The van der Waals surface area contributed by atoms with Crippen molar-refractivity contribution in [3.63, 3.8) is 0 Å². The van der Waals surface area contributed by atoms with Crippen molar-refractivity contribution < 1.29 is 27.4 Å². The fourth-order valence-electron chi connectivity index (χ4n) is 0.704. The molecule has 0 aliphatic carbocycles. The number of hydrogen-bond acceptors (Lipinski definition) is 3. The van der Waals surface area contributed by atoms with E-state index in [0.717, 1.165) is 7.11 Å². The number of ether oxygens (including phenoxy) is 2. The summed E-state index contributed by atoms with van der Waals surface area (Å²) in [5.74, 6) is -0.910. The van der Waals surface area contributed by atoms with Crippen LogP contribution < -0.4 is 0 Å². The summed E-state index contributed by atoms with van der Waals surface area (Å²) in [5, 5.41) is 0. The van der Waals surface area contributed by atoms with E-state index < -0.39 is 24.7 Å². The number of carbonyl (C=O) groups excluding carboxylic acids is 1. The third-order valence-corrected chi connectivity index (χ3v) is 1.31. The monoisotopic (exact) mass is 200 g/mol. The quantitative estimate of drug-likeness (QED) is 0.645. The minimum atomic E-state index is -4.53. The number of hydrogen-bond donors (Lipinski definition) is 0. The van der Waals surface area contributed by atoms with Crippen LogP contribution in [0.1, 0.15) is 13.3 Å². The summed E-state index contributed by atoms with van der Waals surface area (Å²) in [6, 6.07) is 0. The molecule has 0 spiro atoms. The minimum absolute atomic E-state index is 0.0626. The second-order valence-electron chi connectivity index (χ2n) is 2.28. The molecule has 0 heterocycles. The molecule has 6 heteroatoms. The molecule has 0 aromatic rings. The van der Waals surface area contributed by atoms with E-state index in [1.807, 2.05) is 0 Å². The molecule has 0 aromatic carbocycles. The van der Waals surface area contributed by atoms with Gasteiger partial charge < -0.3 is 9.47 Å². The average Bonchev–Trinajstić information content (AvgIpc) is 1.98. The normalized spacial score (nSPS) is 13.9. The number of halogens is 3. The molecule has 1 unspecified atom stereocenters. The van der Waals surface area contributed by atoms with Gasteiger partial charge in [-0.2, -0.15) is 13.2 Å². The predicted octanol–water partition coefficient (Wildman–Crippen LogP) is 1.52. The number of rotatable bonds is 4. The fraction of sp³-hybridized carbons (Fsp3) is 0.857. The van der Waals surface area contributed by atoms with Gasteiger partial charge in [0.05, 0.1) is 13.0 Å². The van der Waals surface area contributed by atoms with Gasteiger partial charge in [-0.3, -0.25) is 4.79 Å². The number of alkyl halides is 3. The van der Waals surface area contributed by atoms with Crippen LogP contribution in [-0.4, -0.2) is 32.0 Å². The molecule has 1 atom stereocenters. The Bertz CT molecular complexity index is 167. The van der Waals surface area contributed by atoms with Gasteiger partial charge in [0.1, 0.15) is 0 Å². The van der Waals surface area contributed by atoms with Crippen molar-refractivity contribution in [1.82, 2.24) is 0 Å². The molecule has 3 nitrogen and oxygen atoms in total. The number of esters is 1. The first-order valence-electron chi connectivity index (χ1n) is 3.67. The van der Waals surface area contributed by atoms with Crippen molar-refractivity contribution >= 4 is 5.97 Å². The SMILES string of the molecule is CCOC(=O)CC(OC)C(F)(F)F.